The molecule has 1 aromatic heterocycles. The number of aromatic hydroxyl groups is 1. The summed E-state index contributed by atoms with van der Waals surface area (Å²) in [6, 6.07) is 7.17. The van der Waals surface area contributed by atoms with Crippen molar-refractivity contribution in [3.8, 4) is 5.75 Å². The fraction of sp³-hybridized carbons (Fsp3) is 0.154. The first-order chi connectivity index (χ1) is 8.28. The van der Waals surface area contributed by atoms with Gasteiger partial charge in [-0.05, 0) is 17.7 Å². The van der Waals surface area contributed by atoms with Gasteiger partial charge in [0.1, 0.15) is 5.75 Å². The largest absolute Gasteiger partial charge is 0.508 e. The molecule has 0 saturated heterocycles. The summed E-state index contributed by atoms with van der Waals surface area (Å²) in [6.07, 6.45) is 5.39. The molecule has 0 bridgehead atoms. The molecule has 0 unspecified atom stereocenters. The minimum atomic E-state index is 0.293. The third-order valence-electron chi connectivity index (χ3n) is 2.44. The number of hydrogen-bond acceptors (Lipinski definition) is 3. The van der Waals surface area contributed by atoms with Crippen molar-refractivity contribution in [3.05, 3.63) is 54.4 Å². The van der Waals surface area contributed by atoms with Crippen molar-refractivity contribution >= 4 is 6.20 Å². The molecular formula is C13H15N3O. The van der Waals surface area contributed by atoms with Crippen molar-refractivity contribution in [3.63, 3.8) is 0 Å². The highest BCUT2D eigenvalue weighted by molar-refractivity contribution is 5.25. The Balaban J connectivity index is 1.83. The summed E-state index contributed by atoms with van der Waals surface area (Å²) in [5, 5.41) is 16.6. The van der Waals surface area contributed by atoms with Gasteiger partial charge in [0, 0.05) is 31.0 Å². The molecule has 1 heterocycles. The van der Waals surface area contributed by atoms with E-state index in [4.69, 9.17) is 5.11 Å². The van der Waals surface area contributed by atoms with E-state index in [2.05, 4.69) is 17.0 Å². The van der Waals surface area contributed by atoms with Gasteiger partial charge in [-0.1, -0.05) is 18.7 Å². The van der Waals surface area contributed by atoms with Gasteiger partial charge >= 0.3 is 0 Å². The summed E-state index contributed by atoms with van der Waals surface area (Å²) < 4.78 is 1.68. The zero-order chi connectivity index (χ0) is 12.1. The second-order valence-corrected chi connectivity index (χ2v) is 3.78. The van der Waals surface area contributed by atoms with Crippen LogP contribution in [0.1, 0.15) is 11.1 Å². The van der Waals surface area contributed by atoms with Crippen LogP contribution in [0.2, 0.25) is 0 Å². The first kappa shape index (κ1) is 11.4. The zero-order valence-corrected chi connectivity index (χ0v) is 9.50. The van der Waals surface area contributed by atoms with Crippen molar-refractivity contribution < 1.29 is 5.11 Å². The molecule has 0 amide bonds. The molecular weight excluding hydrogens is 214 g/mol. The molecule has 0 spiro atoms. The maximum Gasteiger partial charge on any atom is 0.115 e. The van der Waals surface area contributed by atoms with E-state index in [0.29, 0.717) is 5.75 Å². The van der Waals surface area contributed by atoms with E-state index in [0.717, 1.165) is 24.2 Å². The maximum absolute atomic E-state index is 9.15. The summed E-state index contributed by atoms with van der Waals surface area (Å²) >= 11 is 0. The van der Waals surface area contributed by atoms with Crippen LogP contribution in [0.5, 0.6) is 5.75 Å². The molecule has 1 aromatic carbocycles. The van der Waals surface area contributed by atoms with Gasteiger partial charge in [0.2, 0.25) is 0 Å². The zero-order valence-electron chi connectivity index (χ0n) is 9.50. The second kappa shape index (κ2) is 5.32. The van der Waals surface area contributed by atoms with Gasteiger partial charge in [-0.25, -0.2) is 4.68 Å². The van der Waals surface area contributed by atoms with Crippen LogP contribution in [0.4, 0.5) is 0 Å². The summed E-state index contributed by atoms with van der Waals surface area (Å²) in [4.78, 5) is 0. The van der Waals surface area contributed by atoms with Crippen LogP contribution in [0, 0.1) is 0 Å². The second-order valence-electron chi connectivity index (χ2n) is 3.78. The Morgan fingerprint density at radius 3 is 2.59 bits per heavy atom. The highest BCUT2D eigenvalue weighted by atomic mass is 16.3. The molecule has 0 radical (unpaired) electrons. The highest BCUT2D eigenvalue weighted by Gasteiger charge is 1.97. The standard InChI is InChI=1S/C13H15N3O/c1-2-16-10-12(9-15-16)8-14-7-11-3-5-13(17)6-4-11/h2-6,9-10,14,17H,1,7-8H2. The highest BCUT2D eigenvalue weighted by Crippen LogP contribution is 2.09. The van der Waals surface area contributed by atoms with E-state index in [-0.39, 0.29) is 0 Å². The summed E-state index contributed by atoms with van der Waals surface area (Å²) in [5.74, 6) is 0.293. The first-order valence-corrected chi connectivity index (χ1v) is 5.42. The Hall–Kier alpha value is -2.07. The predicted octanol–water partition coefficient (Wildman–Crippen LogP) is 1.98. The number of phenols is 1. The molecule has 4 nitrogen and oxygen atoms in total. The van der Waals surface area contributed by atoms with E-state index >= 15 is 0 Å². The number of phenolic OH excluding ortho intramolecular Hbond substituents is 1. The van der Waals surface area contributed by atoms with Crippen LogP contribution in [-0.2, 0) is 13.1 Å². The quantitative estimate of drug-likeness (QED) is 0.824. The number of aromatic nitrogens is 2. The van der Waals surface area contributed by atoms with Crippen molar-refractivity contribution in [2.45, 2.75) is 13.1 Å². The Bertz CT molecular complexity index is 488. The molecule has 2 aromatic rings. The fourth-order valence-corrected chi connectivity index (χ4v) is 1.53. The third kappa shape index (κ3) is 3.19. The molecule has 17 heavy (non-hydrogen) atoms. The maximum atomic E-state index is 9.15. The first-order valence-electron chi connectivity index (χ1n) is 5.42. The summed E-state index contributed by atoms with van der Waals surface area (Å²) in [7, 11) is 0. The van der Waals surface area contributed by atoms with Crippen LogP contribution < -0.4 is 5.32 Å². The van der Waals surface area contributed by atoms with Gasteiger partial charge in [-0.3, -0.25) is 0 Å². The third-order valence-corrected chi connectivity index (χ3v) is 2.44. The SMILES string of the molecule is C=Cn1cc(CNCc2ccc(O)cc2)cn1. The van der Waals surface area contributed by atoms with E-state index in [9.17, 15) is 0 Å². The van der Waals surface area contributed by atoms with Crippen molar-refractivity contribution in [2.75, 3.05) is 0 Å². The lowest BCUT2D eigenvalue weighted by molar-refractivity contribution is 0.475. The van der Waals surface area contributed by atoms with Crippen LogP contribution >= 0.6 is 0 Å². The van der Waals surface area contributed by atoms with Gasteiger partial charge in [0.05, 0.1) is 6.20 Å². The van der Waals surface area contributed by atoms with Crippen molar-refractivity contribution in [2.24, 2.45) is 0 Å². The van der Waals surface area contributed by atoms with Gasteiger partial charge in [-0.15, -0.1) is 0 Å². The van der Waals surface area contributed by atoms with Crippen molar-refractivity contribution in [1.82, 2.24) is 15.1 Å². The van der Waals surface area contributed by atoms with E-state index in [1.807, 2.05) is 24.5 Å². The minimum absolute atomic E-state index is 0.293. The summed E-state index contributed by atoms with van der Waals surface area (Å²) in [5.41, 5.74) is 2.25. The number of nitrogens with zero attached hydrogens (tertiary/aromatic N) is 2. The summed E-state index contributed by atoms with van der Waals surface area (Å²) in [6.45, 7) is 5.16. The molecule has 0 aliphatic heterocycles. The number of nitrogens with one attached hydrogen (secondary N) is 1. The Morgan fingerprint density at radius 1 is 1.24 bits per heavy atom. The topological polar surface area (TPSA) is 50.1 Å². The lowest BCUT2D eigenvalue weighted by atomic mass is 10.2. The molecule has 0 fully saturated rings. The molecule has 0 saturated carbocycles. The van der Waals surface area contributed by atoms with Crippen molar-refractivity contribution in [1.29, 1.82) is 0 Å². The molecule has 88 valence electrons. The lowest BCUT2D eigenvalue weighted by Crippen LogP contribution is -2.11. The normalized spacial score (nSPS) is 10.4. The van der Waals surface area contributed by atoms with Gasteiger partial charge in [0.25, 0.3) is 0 Å². The number of hydrogen-bond donors (Lipinski definition) is 2. The average Bonchev–Trinajstić information content (AvgIpc) is 2.80. The monoisotopic (exact) mass is 229 g/mol. The Kier molecular flexibility index (Phi) is 3.57. The van der Waals surface area contributed by atoms with Crippen LogP contribution in [0.25, 0.3) is 6.20 Å². The van der Waals surface area contributed by atoms with Gasteiger partial charge in [0.15, 0.2) is 0 Å². The molecule has 4 heteroatoms. The smallest absolute Gasteiger partial charge is 0.115 e. The Labute approximate surface area is 100 Å². The molecule has 0 aliphatic carbocycles. The van der Waals surface area contributed by atoms with Crippen LogP contribution in [0.3, 0.4) is 0 Å². The van der Waals surface area contributed by atoms with Gasteiger partial charge < -0.3 is 10.4 Å². The van der Waals surface area contributed by atoms with E-state index < -0.39 is 0 Å². The average molecular weight is 229 g/mol. The minimum Gasteiger partial charge on any atom is -0.508 e. The van der Waals surface area contributed by atoms with Crippen LogP contribution in [0.15, 0.2) is 43.2 Å². The molecule has 2 N–H and O–H groups in total. The number of benzene rings is 1. The fourth-order valence-electron chi connectivity index (χ4n) is 1.53. The Morgan fingerprint density at radius 2 is 1.94 bits per heavy atom. The molecule has 0 atom stereocenters. The van der Waals surface area contributed by atoms with E-state index in [1.165, 1.54) is 0 Å². The number of rotatable bonds is 5. The van der Waals surface area contributed by atoms with Gasteiger partial charge in [-0.2, -0.15) is 5.10 Å². The lowest BCUT2D eigenvalue weighted by Gasteiger charge is -2.03. The molecule has 0 aliphatic rings. The van der Waals surface area contributed by atoms with E-state index in [1.54, 1.807) is 23.0 Å². The predicted molar refractivity (Wildman–Crippen MR) is 67.3 cm³/mol. The van der Waals surface area contributed by atoms with Crippen LogP contribution in [-0.4, -0.2) is 14.9 Å². The molecule has 2 rings (SSSR count).